The summed E-state index contributed by atoms with van der Waals surface area (Å²) in [5, 5.41) is 7.51. The maximum Gasteiger partial charge on any atom is 0.227 e. The molecule has 1 atom stereocenters. The van der Waals surface area contributed by atoms with Crippen LogP contribution in [0.15, 0.2) is 33.3 Å². The molecule has 1 aliphatic rings. The Labute approximate surface area is 145 Å². The summed E-state index contributed by atoms with van der Waals surface area (Å²) in [5.41, 5.74) is 1.26. The molecule has 0 radical (unpaired) electrons. The lowest BCUT2D eigenvalue weighted by atomic mass is 10.1. The largest absolute Gasteiger partial charge is 0.339 e. The number of piperazine rings is 1. The van der Waals surface area contributed by atoms with E-state index in [-0.39, 0.29) is 18.4 Å². The second-order valence-corrected chi connectivity index (χ2v) is 6.29. The van der Waals surface area contributed by atoms with Crippen LogP contribution in [0.1, 0.15) is 23.3 Å². The van der Waals surface area contributed by atoms with Gasteiger partial charge >= 0.3 is 0 Å². The van der Waals surface area contributed by atoms with Crippen molar-refractivity contribution in [2.75, 3.05) is 26.7 Å². The van der Waals surface area contributed by atoms with E-state index in [1.165, 1.54) is 5.56 Å². The fourth-order valence-corrected chi connectivity index (χ4v) is 2.99. The average Bonchev–Trinajstić information content (AvgIpc) is 2.94. The van der Waals surface area contributed by atoms with Gasteiger partial charge in [-0.3, -0.25) is 4.90 Å². The van der Waals surface area contributed by atoms with Gasteiger partial charge in [0.1, 0.15) is 0 Å². The number of aromatic nitrogens is 2. The van der Waals surface area contributed by atoms with Crippen molar-refractivity contribution in [2.45, 2.75) is 18.9 Å². The molecule has 0 aliphatic carbocycles. The van der Waals surface area contributed by atoms with Gasteiger partial charge in [0.25, 0.3) is 0 Å². The van der Waals surface area contributed by atoms with Gasteiger partial charge < -0.3 is 9.84 Å². The Hall–Kier alpha value is -0.950. The smallest absolute Gasteiger partial charge is 0.227 e. The number of benzene rings is 1. The van der Waals surface area contributed by atoms with Crippen molar-refractivity contribution in [1.29, 1.82) is 0 Å². The minimum Gasteiger partial charge on any atom is -0.339 e. The van der Waals surface area contributed by atoms with Gasteiger partial charge in [-0.15, -0.1) is 12.4 Å². The van der Waals surface area contributed by atoms with E-state index in [0.29, 0.717) is 5.89 Å². The lowest BCUT2D eigenvalue weighted by molar-refractivity contribution is 0.190. The highest BCUT2D eigenvalue weighted by Crippen LogP contribution is 2.18. The first-order chi connectivity index (χ1) is 10.2. The first-order valence-corrected chi connectivity index (χ1v) is 7.99. The van der Waals surface area contributed by atoms with Crippen molar-refractivity contribution in [3.63, 3.8) is 0 Å². The predicted molar refractivity (Wildman–Crippen MR) is 91.3 cm³/mol. The molecule has 1 aromatic carbocycles. The van der Waals surface area contributed by atoms with E-state index in [4.69, 9.17) is 4.52 Å². The highest BCUT2D eigenvalue weighted by Gasteiger charge is 2.25. The van der Waals surface area contributed by atoms with Crippen molar-refractivity contribution < 1.29 is 4.52 Å². The number of hydrogen-bond acceptors (Lipinski definition) is 5. The third kappa shape index (κ3) is 4.29. The molecule has 1 N–H and O–H groups in total. The molecule has 0 spiro atoms. The number of aryl methyl sites for hydroxylation is 2. The van der Waals surface area contributed by atoms with Gasteiger partial charge in [-0.05, 0) is 31.2 Å². The second kappa shape index (κ2) is 8.06. The summed E-state index contributed by atoms with van der Waals surface area (Å²) in [5.74, 6) is 1.50. The Kier molecular flexibility index (Phi) is 6.37. The number of halogens is 2. The topological polar surface area (TPSA) is 54.2 Å². The van der Waals surface area contributed by atoms with Gasteiger partial charge in [0.2, 0.25) is 5.89 Å². The summed E-state index contributed by atoms with van der Waals surface area (Å²) in [6.07, 6.45) is 1.67. The summed E-state index contributed by atoms with van der Waals surface area (Å²) in [4.78, 5) is 6.81. The molecule has 120 valence electrons. The van der Waals surface area contributed by atoms with E-state index in [9.17, 15) is 0 Å². The molecule has 1 aliphatic heterocycles. The van der Waals surface area contributed by atoms with Gasteiger partial charge in [0.05, 0.1) is 6.04 Å². The van der Waals surface area contributed by atoms with Crippen LogP contribution in [0, 0.1) is 0 Å². The fourth-order valence-electron chi connectivity index (χ4n) is 2.54. The van der Waals surface area contributed by atoms with Crippen molar-refractivity contribution in [2.24, 2.45) is 0 Å². The third-order valence-electron chi connectivity index (χ3n) is 3.81. The molecule has 22 heavy (non-hydrogen) atoms. The molecular weight excluding hydrogens is 368 g/mol. The molecule has 1 aromatic heterocycles. The summed E-state index contributed by atoms with van der Waals surface area (Å²) in [7, 11) is 2.10. The minimum atomic E-state index is 0. The Balaban J connectivity index is 0.00000176. The summed E-state index contributed by atoms with van der Waals surface area (Å²) in [6, 6.07) is 8.51. The highest BCUT2D eigenvalue weighted by atomic mass is 79.9. The Morgan fingerprint density at radius 2 is 2.27 bits per heavy atom. The van der Waals surface area contributed by atoms with Gasteiger partial charge in [-0.2, -0.15) is 4.98 Å². The molecule has 7 heteroatoms. The van der Waals surface area contributed by atoms with Crippen LogP contribution in [-0.2, 0) is 12.8 Å². The van der Waals surface area contributed by atoms with E-state index >= 15 is 0 Å². The van der Waals surface area contributed by atoms with Crippen LogP contribution < -0.4 is 5.32 Å². The molecular formula is C15H20BrClN4O. The van der Waals surface area contributed by atoms with E-state index in [1.807, 2.05) is 12.1 Å². The van der Waals surface area contributed by atoms with Crippen molar-refractivity contribution >= 4 is 28.3 Å². The predicted octanol–water partition coefficient (Wildman–Crippen LogP) is 2.62. The standard InChI is InChI=1S/C15H19BrN4O.ClH/c1-20-8-7-17-10-13(20)15-18-14(21-19-15)6-5-11-3-2-4-12(16)9-11;/h2-4,9,13,17H,5-8,10H2,1H3;1H. The van der Waals surface area contributed by atoms with Gasteiger partial charge in [-0.1, -0.05) is 33.2 Å². The molecule has 3 rings (SSSR count). The number of nitrogens with zero attached hydrogens (tertiary/aromatic N) is 3. The lowest BCUT2D eigenvalue weighted by Gasteiger charge is -2.30. The van der Waals surface area contributed by atoms with Crippen LogP contribution in [0.4, 0.5) is 0 Å². The summed E-state index contributed by atoms with van der Waals surface area (Å²) >= 11 is 3.49. The quantitative estimate of drug-likeness (QED) is 0.874. The average molecular weight is 388 g/mol. The zero-order chi connectivity index (χ0) is 14.7. The van der Waals surface area contributed by atoms with Crippen LogP contribution in [0.3, 0.4) is 0 Å². The zero-order valence-corrected chi connectivity index (χ0v) is 14.9. The normalized spacial score (nSPS) is 18.9. The molecule has 1 fully saturated rings. The molecule has 0 amide bonds. The third-order valence-corrected chi connectivity index (χ3v) is 4.30. The minimum absolute atomic E-state index is 0. The van der Waals surface area contributed by atoms with Crippen LogP contribution >= 0.6 is 28.3 Å². The van der Waals surface area contributed by atoms with Crippen LogP contribution in [0.2, 0.25) is 0 Å². The fraction of sp³-hybridized carbons (Fsp3) is 0.467. The van der Waals surface area contributed by atoms with Gasteiger partial charge in [-0.25, -0.2) is 0 Å². The first-order valence-electron chi connectivity index (χ1n) is 7.20. The monoisotopic (exact) mass is 386 g/mol. The van der Waals surface area contributed by atoms with E-state index in [2.05, 4.69) is 55.5 Å². The van der Waals surface area contributed by atoms with Crippen molar-refractivity contribution in [1.82, 2.24) is 20.4 Å². The lowest BCUT2D eigenvalue weighted by Crippen LogP contribution is -2.44. The first kappa shape index (κ1) is 17.4. The Morgan fingerprint density at radius 3 is 3.05 bits per heavy atom. The van der Waals surface area contributed by atoms with E-state index < -0.39 is 0 Å². The van der Waals surface area contributed by atoms with Crippen LogP contribution in [-0.4, -0.2) is 41.7 Å². The molecule has 0 bridgehead atoms. The van der Waals surface area contributed by atoms with Crippen molar-refractivity contribution in [3.05, 3.63) is 46.0 Å². The molecule has 5 nitrogen and oxygen atoms in total. The Bertz CT molecular complexity index is 607. The van der Waals surface area contributed by atoms with Crippen LogP contribution in [0.25, 0.3) is 0 Å². The van der Waals surface area contributed by atoms with Crippen LogP contribution in [0.5, 0.6) is 0 Å². The highest BCUT2D eigenvalue weighted by molar-refractivity contribution is 9.10. The van der Waals surface area contributed by atoms with E-state index in [0.717, 1.165) is 42.8 Å². The molecule has 2 aromatic rings. The SMILES string of the molecule is CN1CCNCC1c1noc(CCc2cccc(Br)c2)n1.Cl. The van der Waals surface area contributed by atoms with E-state index in [1.54, 1.807) is 0 Å². The maximum atomic E-state index is 5.39. The van der Waals surface area contributed by atoms with Gasteiger partial charge in [0, 0.05) is 30.5 Å². The second-order valence-electron chi connectivity index (χ2n) is 5.38. The molecule has 1 saturated heterocycles. The summed E-state index contributed by atoms with van der Waals surface area (Å²) in [6.45, 7) is 2.90. The zero-order valence-electron chi connectivity index (χ0n) is 12.5. The molecule has 2 heterocycles. The number of nitrogens with one attached hydrogen (secondary N) is 1. The number of hydrogen-bond donors (Lipinski definition) is 1. The summed E-state index contributed by atoms with van der Waals surface area (Å²) < 4.78 is 6.49. The number of likely N-dealkylation sites (N-methyl/N-ethyl adjacent to an activating group) is 1. The number of rotatable bonds is 4. The Morgan fingerprint density at radius 1 is 1.41 bits per heavy atom. The molecule has 1 unspecified atom stereocenters. The van der Waals surface area contributed by atoms with Gasteiger partial charge in [0.15, 0.2) is 5.82 Å². The van der Waals surface area contributed by atoms with Crippen molar-refractivity contribution in [3.8, 4) is 0 Å². The maximum absolute atomic E-state index is 5.39. The molecule has 0 saturated carbocycles.